The van der Waals surface area contributed by atoms with Crippen molar-refractivity contribution in [1.82, 2.24) is 9.97 Å². The molecular formula is C15H18N6. The molecule has 0 aliphatic heterocycles. The Labute approximate surface area is 124 Å². The van der Waals surface area contributed by atoms with Crippen LogP contribution in [-0.2, 0) is 6.42 Å². The highest BCUT2D eigenvalue weighted by Gasteiger charge is 2.12. The molecule has 2 aromatic rings. The van der Waals surface area contributed by atoms with Crippen LogP contribution in [0.5, 0.6) is 0 Å². The largest absolute Gasteiger partial charge is 0.339 e. The first kappa shape index (κ1) is 14.8. The van der Waals surface area contributed by atoms with Crippen LogP contribution in [0, 0.1) is 25.2 Å². The van der Waals surface area contributed by atoms with E-state index in [1.807, 2.05) is 39.0 Å². The van der Waals surface area contributed by atoms with Gasteiger partial charge >= 0.3 is 0 Å². The summed E-state index contributed by atoms with van der Waals surface area (Å²) in [6.07, 6.45) is 0.697. The first-order chi connectivity index (χ1) is 10.1. The molecule has 0 amide bonds. The lowest BCUT2D eigenvalue weighted by Crippen LogP contribution is -2.14. The Morgan fingerprint density at radius 1 is 1.24 bits per heavy atom. The lowest BCUT2D eigenvalue weighted by Gasteiger charge is -2.14. The fourth-order valence-electron chi connectivity index (χ4n) is 2.03. The highest BCUT2D eigenvalue weighted by atomic mass is 15.3. The quantitative estimate of drug-likeness (QED) is 0.588. The number of nitrogens with one attached hydrogen (secondary N) is 2. The Hall–Kier alpha value is -2.65. The third-order valence-corrected chi connectivity index (χ3v) is 3.28. The van der Waals surface area contributed by atoms with Crippen LogP contribution in [0.4, 0.5) is 17.3 Å². The van der Waals surface area contributed by atoms with Crippen LogP contribution in [0.1, 0.15) is 29.4 Å². The molecule has 0 bridgehead atoms. The summed E-state index contributed by atoms with van der Waals surface area (Å²) >= 11 is 0. The Bertz CT molecular complexity index is 702. The molecule has 1 heterocycles. The highest BCUT2D eigenvalue weighted by molar-refractivity contribution is 5.70. The lowest BCUT2D eigenvalue weighted by atomic mass is 10.1. The van der Waals surface area contributed by atoms with Crippen molar-refractivity contribution in [3.63, 3.8) is 0 Å². The molecule has 4 N–H and O–H groups in total. The van der Waals surface area contributed by atoms with Gasteiger partial charge in [0, 0.05) is 12.0 Å². The summed E-state index contributed by atoms with van der Waals surface area (Å²) < 4.78 is 0. The standard InChI is InChI=1S/C15H18N6/c1-4-13-19-14(10(3)15(20-13)21-17)18-12-7-5-6-9(2)11(12)8-16/h5-7H,4,17H2,1-3H3,(H2,18,19,20,21). The van der Waals surface area contributed by atoms with Gasteiger partial charge in [-0.05, 0) is 25.5 Å². The van der Waals surface area contributed by atoms with Crippen LogP contribution in [0.3, 0.4) is 0 Å². The number of aryl methyl sites for hydroxylation is 2. The zero-order valence-corrected chi connectivity index (χ0v) is 12.4. The number of nitrogens with two attached hydrogens (primary N) is 1. The third kappa shape index (κ3) is 2.93. The molecule has 108 valence electrons. The van der Waals surface area contributed by atoms with E-state index in [-0.39, 0.29) is 0 Å². The molecule has 1 aromatic carbocycles. The van der Waals surface area contributed by atoms with Gasteiger partial charge in [-0.25, -0.2) is 15.8 Å². The van der Waals surface area contributed by atoms with Crippen LogP contribution in [0.25, 0.3) is 0 Å². The van der Waals surface area contributed by atoms with E-state index in [0.29, 0.717) is 29.4 Å². The summed E-state index contributed by atoms with van der Waals surface area (Å²) in [6.45, 7) is 5.75. The first-order valence-electron chi connectivity index (χ1n) is 6.71. The zero-order valence-electron chi connectivity index (χ0n) is 12.4. The van der Waals surface area contributed by atoms with Gasteiger partial charge in [-0.3, -0.25) is 0 Å². The molecule has 0 radical (unpaired) electrons. The van der Waals surface area contributed by atoms with Crippen LogP contribution < -0.4 is 16.6 Å². The van der Waals surface area contributed by atoms with Crippen molar-refractivity contribution in [2.75, 3.05) is 10.7 Å². The lowest BCUT2D eigenvalue weighted by molar-refractivity contribution is 0.932. The molecule has 0 spiro atoms. The Morgan fingerprint density at radius 3 is 2.57 bits per heavy atom. The summed E-state index contributed by atoms with van der Waals surface area (Å²) in [5, 5.41) is 12.5. The van der Waals surface area contributed by atoms with Crippen molar-refractivity contribution in [3.8, 4) is 6.07 Å². The average molecular weight is 282 g/mol. The zero-order chi connectivity index (χ0) is 15.4. The maximum absolute atomic E-state index is 9.29. The average Bonchev–Trinajstić information content (AvgIpc) is 2.49. The minimum absolute atomic E-state index is 0.579. The van der Waals surface area contributed by atoms with Crippen LogP contribution in [0.2, 0.25) is 0 Å². The first-order valence-corrected chi connectivity index (χ1v) is 6.71. The van der Waals surface area contributed by atoms with Crippen molar-refractivity contribution in [3.05, 3.63) is 40.7 Å². The number of anilines is 3. The van der Waals surface area contributed by atoms with Gasteiger partial charge in [-0.2, -0.15) is 5.26 Å². The summed E-state index contributed by atoms with van der Waals surface area (Å²) in [5.41, 5.74) is 5.64. The molecule has 0 saturated heterocycles. The summed E-state index contributed by atoms with van der Waals surface area (Å²) in [4.78, 5) is 8.79. The van der Waals surface area contributed by atoms with Gasteiger partial charge in [-0.1, -0.05) is 19.1 Å². The molecule has 0 aliphatic carbocycles. The van der Waals surface area contributed by atoms with Gasteiger partial charge in [0.25, 0.3) is 0 Å². The number of aromatic nitrogens is 2. The molecule has 0 aliphatic rings. The van der Waals surface area contributed by atoms with Crippen LogP contribution >= 0.6 is 0 Å². The Kier molecular flexibility index (Phi) is 4.36. The Balaban J connectivity index is 2.50. The second-order valence-electron chi connectivity index (χ2n) is 4.69. The van der Waals surface area contributed by atoms with Crippen LogP contribution in [0.15, 0.2) is 18.2 Å². The van der Waals surface area contributed by atoms with Gasteiger partial charge in [0.1, 0.15) is 23.5 Å². The van der Waals surface area contributed by atoms with Gasteiger partial charge in [0.15, 0.2) is 0 Å². The van der Waals surface area contributed by atoms with Gasteiger partial charge in [0.05, 0.1) is 11.3 Å². The summed E-state index contributed by atoms with van der Waals surface area (Å²) in [5.74, 6) is 7.41. The number of hydrogen-bond acceptors (Lipinski definition) is 6. The topological polar surface area (TPSA) is 99.6 Å². The molecule has 21 heavy (non-hydrogen) atoms. The highest BCUT2D eigenvalue weighted by Crippen LogP contribution is 2.26. The van der Waals surface area contributed by atoms with Gasteiger partial charge < -0.3 is 10.7 Å². The summed E-state index contributed by atoms with van der Waals surface area (Å²) in [6, 6.07) is 7.87. The van der Waals surface area contributed by atoms with E-state index in [0.717, 1.165) is 16.8 Å². The van der Waals surface area contributed by atoms with Crippen LogP contribution in [-0.4, -0.2) is 9.97 Å². The molecule has 0 atom stereocenters. The number of rotatable bonds is 4. The molecular weight excluding hydrogens is 264 g/mol. The number of benzene rings is 1. The van der Waals surface area contributed by atoms with Crippen molar-refractivity contribution in [2.45, 2.75) is 27.2 Å². The number of hydrazine groups is 1. The van der Waals surface area contributed by atoms with E-state index in [1.54, 1.807) is 0 Å². The maximum atomic E-state index is 9.29. The minimum atomic E-state index is 0.579. The molecule has 6 heteroatoms. The predicted molar refractivity (Wildman–Crippen MR) is 83.1 cm³/mol. The fourth-order valence-corrected chi connectivity index (χ4v) is 2.03. The third-order valence-electron chi connectivity index (χ3n) is 3.28. The number of nitrogens with zero attached hydrogens (tertiary/aromatic N) is 3. The van der Waals surface area contributed by atoms with Crippen molar-refractivity contribution < 1.29 is 0 Å². The molecule has 6 nitrogen and oxygen atoms in total. The van der Waals surface area contributed by atoms with E-state index < -0.39 is 0 Å². The molecule has 1 aromatic heterocycles. The SMILES string of the molecule is CCc1nc(NN)c(C)c(Nc2cccc(C)c2C#N)n1. The van der Waals surface area contributed by atoms with E-state index in [9.17, 15) is 5.26 Å². The second-order valence-corrected chi connectivity index (χ2v) is 4.69. The normalized spacial score (nSPS) is 10.0. The van der Waals surface area contributed by atoms with E-state index in [1.165, 1.54) is 0 Å². The monoisotopic (exact) mass is 282 g/mol. The number of hydrogen-bond donors (Lipinski definition) is 3. The second kappa shape index (κ2) is 6.20. The fraction of sp³-hybridized carbons (Fsp3) is 0.267. The minimum Gasteiger partial charge on any atom is -0.339 e. The van der Waals surface area contributed by atoms with Crippen molar-refractivity contribution in [2.24, 2.45) is 5.84 Å². The maximum Gasteiger partial charge on any atom is 0.148 e. The van der Waals surface area contributed by atoms with Crippen molar-refractivity contribution in [1.29, 1.82) is 5.26 Å². The predicted octanol–water partition coefficient (Wildman–Crippen LogP) is 2.56. The molecule has 0 saturated carbocycles. The van der Waals surface area contributed by atoms with Crippen molar-refractivity contribution >= 4 is 17.3 Å². The number of nitriles is 1. The number of nitrogen functional groups attached to an aromatic ring is 1. The molecule has 0 unspecified atom stereocenters. The van der Waals surface area contributed by atoms with E-state index in [4.69, 9.17) is 5.84 Å². The molecule has 0 fully saturated rings. The van der Waals surface area contributed by atoms with E-state index in [2.05, 4.69) is 26.8 Å². The smallest absolute Gasteiger partial charge is 0.148 e. The van der Waals surface area contributed by atoms with Gasteiger partial charge in [-0.15, -0.1) is 0 Å². The molecule has 2 rings (SSSR count). The van der Waals surface area contributed by atoms with Gasteiger partial charge in [0.2, 0.25) is 0 Å². The summed E-state index contributed by atoms with van der Waals surface area (Å²) in [7, 11) is 0. The Morgan fingerprint density at radius 2 is 1.95 bits per heavy atom. The van der Waals surface area contributed by atoms with E-state index >= 15 is 0 Å².